The zero-order chi connectivity index (χ0) is 15.1. The summed E-state index contributed by atoms with van der Waals surface area (Å²) in [4.78, 5) is 26.9. The largest absolute Gasteiger partial charge is 0.466 e. The molecule has 1 rings (SSSR count). The van der Waals surface area contributed by atoms with Gasteiger partial charge in [-0.1, -0.05) is 18.2 Å². The van der Waals surface area contributed by atoms with E-state index in [1.807, 2.05) is 44.2 Å². The molecule has 0 aliphatic rings. The highest BCUT2D eigenvalue weighted by atomic mass is 31.2. The van der Waals surface area contributed by atoms with Crippen LogP contribution in [0.5, 0.6) is 0 Å². The first kappa shape index (κ1) is 17.6. The number of hydrogen-bond acceptors (Lipinski definition) is 3. The van der Waals surface area contributed by atoms with Crippen molar-refractivity contribution in [1.82, 2.24) is 0 Å². The molecule has 19 heavy (non-hydrogen) atoms. The maximum Gasteiger partial charge on any atom is 0.466 e. The van der Waals surface area contributed by atoms with Gasteiger partial charge < -0.3 is 20.4 Å². The zero-order valence-corrected chi connectivity index (χ0v) is 11.5. The van der Waals surface area contributed by atoms with Crippen molar-refractivity contribution < 1.29 is 24.1 Å². The minimum absolute atomic E-state index is 0.0147. The molecule has 1 aromatic carbocycles. The van der Waals surface area contributed by atoms with Gasteiger partial charge in [0.25, 0.3) is 0 Å². The summed E-state index contributed by atoms with van der Waals surface area (Å²) in [6.07, 6.45) is -0.0147. The maximum atomic E-state index is 8.88. The first-order valence-electron chi connectivity index (χ1n) is 5.25. The molecule has 0 amide bonds. The Bertz CT molecular complexity index is 426. The number of rotatable bonds is 3. The number of para-hydroxylation sites is 1. The van der Waals surface area contributed by atoms with E-state index >= 15 is 0 Å². The molecule has 1 aromatic rings. The molecule has 8 nitrogen and oxygen atoms in total. The highest BCUT2D eigenvalue weighted by molar-refractivity contribution is 7.45. The minimum Gasteiger partial charge on any atom is -0.368 e. The topological polar surface area (TPSA) is 140 Å². The first-order chi connectivity index (χ1) is 8.61. The van der Waals surface area contributed by atoms with Gasteiger partial charge in [0.1, 0.15) is 0 Å². The predicted octanol–water partition coefficient (Wildman–Crippen LogP) is 0.798. The third-order valence-corrected chi connectivity index (χ3v) is 1.53. The molecule has 9 heteroatoms. The molecule has 0 heterocycles. The van der Waals surface area contributed by atoms with Crippen LogP contribution in [0.15, 0.2) is 30.3 Å². The Morgan fingerprint density at radius 2 is 1.74 bits per heavy atom. The predicted molar refractivity (Wildman–Crippen MR) is 71.3 cm³/mol. The van der Waals surface area contributed by atoms with Gasteiger partial charge in [0.05, 0.1) is 11.8 Å². The van der Waals surface area contributed by atoms with Crippen LogP contribution in [0.4, 0.5) is 5.69 Å². The van der Waals surface area contributed by atoms with Gasteiger partial charge in [-0.05, 0) is 26.0 Å². The van der Waals surface area contributed by atoms with Crippen LogP contribution in [0, 0.1) is 5.41 Å². The van der Waals surface area contributed by atoms with Gasteiger partial charge in [0.2, 0.25) is 5.96 Å². The van der Waals surface area contributed by atoms with Crippen molar-refractivity contribution in [3.8, 4) is 0 Å². The van der Waals surface area contributed by atoms with Crippen LogP contribution in [0.2, 0.25) is 0 Å². The Morgan fingerprint density at radius 3 is 2.05 bits per heavy atom. The van der Waals surface area contributed by atoms with Crippen molar-refractivity contribution in [1.29, 1.82) is 5.41 Å². The molecule has 0 aliphatic carbocycles. The van der Waals surface area contributed by atoms with Gasteiger partial charge in [-0.25, -0.2) is 4.57 Å². The van der Waals surface area contributed by atoms with E-state index < -0.39 is 7.82 Å². The number of nitrogens with one attached hydrogen (secondary N) is 1. The second-order valence-electron chi connectivity index (χ2n) is 3.68. The molecule has 0 fully saturated rings. The van der Waals surface area contributed by atoms with Crippen molar-refractivity contribution >= 4 is 19.5 Å². The van der Waals surface area contributed by atoms with Crippen LogP contribution in [0.1, 0.15) is 13.8 Å². The van der Waals surface area contributed by atoms with Crippen molar-refractivity contribution in [2.24, 2.45) is 5.73 Å². The van der Waals surface area contributed by atoms with Gasteiger partial charge in [-0.2, -0.15) is 5.06 Å². The Kier molecular flexibility index (Phi) is 7.28. The normalized spacial score (nSPS) is 10.6. The highest BCUT2D eigenvalue weighted by Gasteiger charge is 2.11. The molecule has 0 aromatic heterocycles. The molecule has 0 spiro atoms. The minimum atomic E-state index is -4.64. The maximum absolute atomic E-state index is 8.88. The number of benzene rings is 1. The third kappa shape index (κ3) is 10.2. The third-order valence-electron chi connectivity index (χ3n) is 1.53. The average molecular weight is 291 g/mol. The van der Waals surface area contributed by atoms with Gasteiger partial charge in [0.15, 0.2) is 0 Å². The van der Waals surface area contributed by atoms with Crippen LogP contribution in [-0.2, 0) is 9.40 Å². The quantitative estimate of drug-likeness (QED) is 0.240. The summed E-state index contributed by atoms with van der Waals surface area (Å²) in [6, 6.07) is 9.31. The fourth-order valence-corrected chi connectivity index (χ4v) is 1.03. The number of hydrogen-bond donors (Lipinski definition) is 5. The van der Waals surface area contributed by atoms with E-state index in [1.165, 1.54) is 5.06 Å². The number of nitrogens with zero attached hydrogens (tertiary/aromatic N) is 1. The summed E-state index contributed by atoms with van der Waals surface area (Å²) in [5, 5.41) is 8.67. The van der Waals surface area contributed by atoms with E-state index in [0.717, 1.165) is 5.69 Å². The molecule has 0 aliphatic heterocycles. The summed E-state index contributed by atoms with van der Waals surface area (Å²) >= 11 is 0. The van der Waals surface area contributed by atoms with Crippen molar-refractivity contribution in [2.45, 2.75) is 20.0 Å². The number of phosphoric acid groups is 1. The molecule has 0 saturated heterocycles. The van der Waals surface area contributed by atoms with Crippen LogP contribution in [-0.4, -0.2) is 26.7 Å². The van der Waals surface area contributed by atoms with Crippen molar-refractivity contribution in [3.63, 3.8) is 0 Å². The van der Waals surface area contributed by atoms with Gasteiger partial charge in [0, 0.05) is 0 Å². The molecular weight excluding hydrogens is 273 g/mol. The van der Waals surface area contributed by atoms with Crippen LogP contribution in [0.25, 0.3) is 0 Å². The lowest BCUT2D eigenvalue weighted by Gasteiger charge is -2.23. The molecule has 0 saturated carbocycles. The fourth-order valence-electron chi connectivity index (χ4n) is 1.03. The van der Waals surface area contributed by atoms with Crippen LogP contribution < -0.4 is 10.8 Å². The zero-order valence-electron chi connectivity index (χ0n) is 10.6. The molecule has 0 atom stereocenters. The molecule has 0 unspecified atom stereocenters. The number of nitrogens with two attached hydrogens (primary N) is 1. The summed E-state index contributed by atoms with van der Waals surface area (Å²) in [5.41, 5.74) is 6.16. The molecule has 108 valence electrons. The Labute approximate surface area is 111 Å². The van der Waals surface area contributed by atoms with Gasteiger partial charge in [-0.3, -0.25) is 10.2 Å². The van der Waals surface area contributed by atoms with E-state index in [9.17, 15) is 0 Å². The van der Waals surface area contributed by atoms with E-state index in [0.29, 0.717) is 0 Å². The van der Waals surface area contributed by atoms with E-state index in [2.05, 4.69) is 0 Å². The highest BCUT2D eigenvalue weighted by Crippen LogP contribution is 2.25. The Hall–Kier alpha value is -1.44. The number of anilines is 1. The van der Waals surface area contributed by atoms with Crippen molar-refractivity contribution in [2.75, 3.05) is 5.06 Å². The molecule has 6 N–H and O–H groups in total. The fraction of sp³-hybridized carbons (Fsp3) is 0.300. The number of guanidine groups is 1. The smallest absolute Gasteiger partial charge is 0.368 e. The SMILES string of the molecule is CC(C)ON(C(=N)N)c1ccccc1.O=P(O)(O)O. The monoisotopic (exact) mass is 291 g/mol. The van der Waals surface area contributed by atoms with E-state index in [1.54, 1.807) is 0 Å². The van der Waals surface area contributed by atoms with Crippen LogP contribution in [0.3, 0.4) is 0 Å². The summed E-state index contributed by atoms with van der Waals surface area (Å²) in [5.74, 6) is -0.120. The lowest BCUT2D eigenvalue weighted by Crippen LogP contribution is -2.38. The van der Waals surface area contributed by atoms with Crippen molar-refractivity contribution in [3.05, 3.63) is 30.3 Å². The lowest BCUT2D eigenvalue weighted by atomic mass is 10.3. The van der Waals surface area contributed by atoms with Gasteiger partial charge in [-0.15, -0.1) is 0 Å². The first-order valence-corrected chi connectivity index (χ1v) is 6.82. The van der Waals surface area contributed by atoms with E-state index in [-0.39, 0.29) is 12.1 Å². The lowest BCUT2D eigenvalue weighted by molar-refractivity contribution is 0.0847. The summed E-state index contributed by atoms with van der Waals surface area (Å²) < 4.78 is 8.88. The standard InChI is InChI=1S/C10H15N3O.H3O4P/c1-8(2)14-13(10(11)12)9-6-4-3-5-7-9;1-5(2,3)4/h3-8H,1-2H3,(H3,11,12);(H3,1,2,3,4). The van der Waals surface area contributed by atoms with E-state index in [4.69, 9.17) is 35.2 Å². The second kappa shape index (κ2) is 7.88. The molecule has 0 bridgehead atoms. The molecule has 0 radical (unpaired) electrons. The Morgan fingerprint density at radius 1 is 1.32 bits per heavy atom. The summed E-state index contributed by atoms with van der Waals surface area (Å²) in [6.45, 7) is 3.78. The molecular formula is C10H18N3O5P. The summed E-state index contributed by atoms with van der Waals surface area (Å²) in [7, 11) is -4.64. The second-order valence-corrected chi connectivity index (χ2v) is 4.71. The Balaban J connectivity index is 0.000000555. The number of hydroxylamine groups is 1. The van der Waals surface area contributed by atoms with Gasteiger partial charge >= 0.3 is 7.82 Å². The van der Waals surface area contributed by atoms with Crippen LogP contribution >= 0.6 is 7.82 Å². The average Bonchev–Trinajstić information content (AvgIpc) is 2.24.